The molecule has 0 unspecified atom stereocenters. The molecule has 150 valence electrons. The fraction of sp³-hybridized carbons (Fsp3) is 0.136. The van der Waals surface area contributed by atoms with Crippen LogP contribution in [0.3, 0.4) is 0 Å². The SMILES string of the molecule is COc1cc(-c2[nH]nc3ncc(-c4ccc5[nH]ncc5c4)cc23)cc(OC)c1OC. The molecule has 5 aromatic rings. The van der Waals surface area contributed by atoms with Crippen molar-refractivity contribution < 1.29 is 14.2 Å². The predicted octanol–water partition coefficient (Wildman–Crippen LogP) is 4.19. The zero-order chi connectivity index (χ0) is 20.7. The Bertz CT molecular complexity index is 1350. The maximum atomic E-state index is 5.49. The van der Waals surface area contributed by atoms with Crippen LogP contribution in [0.1, 0.15) is 0 Å². The number of hydrogen-bond donors (Lipinski definition) is 2. The number of pyridine rings is 1. The summed E-state index contributed by atoms with van der Waals surface area (Å²) in [6.07, 6.45) is 3.63. The summed E-state index contributed by atoms with van der Waals surface area (Å²) in [6, 6.07) is 12.0. The number of H-pyrrole nitrogens is 2. The van der Waals surface area contributed by atoms with E-state index in [4.69, 9.17) is 14.2 Å². The number of nitrogens with one attached hydrogen (secondary N) is 2. The summed E-state index contributed by atoms with van der Waals surface area (Å²) in [5.74, 6) is 1.69. The van der Waals surface area contributed by atoms with Crippen LogP contribution in [0.4, 0.5) is 0 Å². The fourth-order valence-corrected chi connectivity index (χ4v) is 3.63. The quantitative estimate of drug-likeness (QED) is 0.458. The van der Waals surface area contributed by atoms with E-state index in [9.17, 15) is 0 Å². The molecule has 0 aliphatic rings. The average molecular weight is 401 g/mol. The van der Waals surface area contributed by atoms with Gasteiger partial charge < -0.3 is 14.2 Å². The monoisotopic (exact) mass is 401 g/mol. The third-order valence-electron chi connectivity index (χ3n) is 5.14. The highest BCUT2D eigenvalue weighted by molar-refractivity contribution is 5.95. The first-order chi connectivity index (χ1) is 14.7. The Morgan fingerprint density at radius 2 is 1.57 bits per heavy atom. The number of rotatable bonds is 5. The van der Waals surface area contributed by atoms with Crippen LogP contribution in [0, 0.1) is 0 Å². The summed E-state index contributed by atoms with van der Waals surface area (Å²) < 4.78 is 16.4. The number of aromatic amines is 2. The maximum Gasteiger partial charge on any atom is 0.203 e. The zero-order valence-corrected chi connectivity index (χ0v) is 16.7. The van der Waals surface area contributed by atoms with Gasteiger partial charge in [-0.05, 0) is 35.9 Å². The molecule has 2 N–H and O–H groups in total. The van der Waals surface area contributed by atoms with Crippen molar-refractivity contribution in [3.8, 4) is 39.6 Å². The van der Waals surface area contributed by atoms with Crippen LogP contribution in [0.5, 0.6) is 17.2 Å². The molecule has 0 saturated heterocycles. The third-order valence-corrected chi connectivity index (χ3v) is 5.14. The summed E-state index contributed by atoms with van der Waals surface area (Å²) in [7, 11) is 4.77. The summed E-state index contributed by atoms with van der Waals surface area (Å²) in [5.41, 5.74) is 5.34. The molecule has 5 rings (SSSR count). The fourth-order valence-electron chi connectivity index (χ4n) is 3.63. The van der Waals surface area contributed by atoms with Crippen molar-refractivity contribution in [2.75, 3.05) is 21.3 Å². The van der Waals surface area contributed by atoms with E-state index >= 15 is 0 Å². The average Bonchev–Trinajstić information content (AvgIpc) is 3.43. The van der Waals surface area contributed by atoms with Crippen LogP contribution in [0.15, 0.2) is 48.8 Å². The summed E-state index contributed by atoms with van der Waals surface area (Å²) in [6.45, 7) is 0. The lowest BCUT2D eigenvalue weighted by Crippen LogP contribution is -1.96. The standard InChI is InChI=1S/C22H19N5O3/c1-28-18-8-13(9-19(29-2)21(18)30-3)20-16-7-14(10-23-22(16)27-26-20)12-4-5-17-15(6-12)11-24-25-17/h4-11H,1-3H3,(H,24,25)(H,23,26,27). The molecular weight excluding hydrogens is 382 g/mol. The van der Waals surface area contributed by atoms with Crippen LogP contribution >= 0.6 is 0 Å². The molecule has 3 aromatic heterocycles. The minimum atomic E-state index is 0.541. The second kappa shape index (κ2) is 7.07. The maximum absolute atomic E-state index is 5.49. The van der Waals surface area contributed by atoms with Gasteiger partial charge in [-0.25, -0.2) is 4.98 Å². The first kappa shape index (κ1) is 18.0. The van der Waals surface area contributed by atoms with Crippen molar-refractivity contribution >= 4 is 21.9 Å². The Labute approximate surface area is 171 Å². The minimum Gasteiger partial charge on any atom is -0.493 e. The lowest BCUT2D eigenvalue weighted by molar-refractivity contribution is 0.324. The van der Waals surface area contributed by atoms with Gasteiger partial charge in [0.2, 0.25) is 5.75 Å². The highest BCUT2D eigenvalue weighted by Gasteiger charge is 2.17. The Morgan fingerprint density at radius 1 is 0.767 bits per heavy atom. The lowest BCUT2D eigenvalue weighted by atomic mass is 10.0. The van der Waals surface area contributed by atoms with E-state index in [2.05, 4.69) is 37.5 Å². The Kier molecular flexibility index (Phi) is 4.24. The van der Waals surface area contributed by atoms with Gasteiger partial charge in [0.05, 0.1) is 38.7 Å². The first-order valence-corrected chi connectivity index (χ1v) is 9.30. The number of fused-ring (bicyclic) bond motifs is 2. The van der Waals surface area contributed by atoms with Crippen LogP contribution in [-0.2, 0) is 0 Å². The lowest BCUT2D eigenvalue weighted by Gasteiger charge is -2.13. The molecular formula is C22H19N5O3. The van der Waals surface area contributed by atoms with Crippen LogP contribution < -0.4 is 14.2 Å². The van der Waals surface area contributed by atoms with Gasteiger partial charge in [0.1, 0.15) is 0 Å². The normalized spacial score (nSPS) is 11.2. The van der Waals surface area contributed by atoms with Gasteiger partial charge in [0.25, 0.3) is 0 Å². The Balaban J connectivity index is 1.66. The second-order valence-corrected chi connectivity index (χ2v) is 6.78. The number of aromatic nitrogens is 5. The van der Waals surface area contributed by atoms with Crippen LogP contribution in [0.25, 0.3) is 44.3 Å². The second-order valence-electron chi connectivity index (χ2n) is 6.78. The number of hydrogen-bond acceptors (Lipinski definition) is 6. The predicted molar refractivity (Wildman–Crippen MR) is 114 cm³/mol. The molecule has 0 saturated carbocycles. The minimum absolute atomic E-state index is 0.541. The Hall–Kier alpha value is -4.07. The molecule has 0 aliphatic heterocycles. The van der Waals surface area contributed by atoms with E-state index in [-0.39, 0.29) is 0 Å². The van der Waals surface area contributed by atoms with Gasteiger partial charge in [0.15, 0.2) is 17.1 Å². The molecule has 3 heterocycles. The smallest absolute Gasteiger partial charge is 0.203 e. The molecule has 0 radical (unpaired) electrons. The van der Waals surface area contributed by atoms with Crippen molar-refractivity contribution in [3.63, 3.8) is 0 Å². The van der Waals surface area contributed by atoms with Gasteiger partial charge in [-0.15, -0.1) is 0 Å². The van der Waals surface area contributed by atoms with E-state index in [0.29, 0.717) is 22.9 Å². The summed E-state index contributed by atoms with van der Waals surface area (Å²) in [4.78, 5) is 4.54. The molecule has 0 fully saturated rings. The molecule has 8 heteroatoms. The first-order valence-electron chi connectivity index (χ1n) is 9.30. The summed E-state index contributed by atoms with van der Waals surface area (Å²) in [5, 5.41) is 16.5. The van der Waals surface area contributed by atoms with E-state index in [1.165, 1.54) is 0 Å². The number of methoxy groups -OCH3 is 3. The topological polar surface area (TPSA) is 97.9 Å². The van der Waals surface area contributed by atoms with Gasteiger partial charge in [-0.3, -0.25) is 10.2 Å². The molecule has 30 heavy (non-hydrogen) atoms. The van der Waals surface area contributed by atoms with Crippen LogP contribution in [0.2, 0.25) is 0 Å². The van der Waals surface area contributed by atoms with Crippen molar-refractivity contribution in [3.05, 3.63) is 48.8 Å². The van der Waals surface area contributed by atoms with Gasteiger partial charge in [0, 0.05) is 28.1 Å². The highest BCUT2D eigenvalue weighted by Crippen LogP contribution is 2.42. The van der Waals surface area contributed by atoms with E-state index in [1.807, 2.05) is 36.7 Å². The molecule has 0 amide bonds. The van der Waals surface area contributed by atoms with Gasteiger partial charge >= 0.3 is 0 Å². The van der Waals surface area contributed by atoms with Crippen molar-refractivity contribution in [2.24, 2.45) is 0 Å². The van der Waals surface area contributed by atoms with Gasteiger partial charge in [-0.1, -0.05) is 6.07 Å². The molecule has 0 bridgehead atoms. The zero-order valence-electron chi connectivity index (χ0n) is 16.7. The molecule has 0 atom stereocenters. The molecule has 2 aromatic carbocycles. The summed E-state index contributed by atoms with van der Waals surface area (Å²) >= 11 is 0. The molecule has 8 nitrogen and oxygen atoms in total. The molecule has 0 aliphatic carbocycles. The number of nitrogens with zero attached hydrogens (tertiary/aromatic N) is 3. The number of ether oxygens (including phenoxy) is 3. The van der Waals surface area contributed by atoms with Crippen molar-refractivity contribution in [1.82, 2.24) is 25.4 Å². The van der Waals surface area contributed by atoms with Crippen LogP contribution in [-0.4, -0.2) is 46.7 Å². The highest BCUT2D eigenvalue weighted by atomic mass is 16.5. The van der Waals surface area contributed by atoms with Crippen molar-refractivity contribution in [1.29, 1.82) is 0 Å². The number of benzene rings is 2. The molecule has 0 spiro atoms. The van der Waals surface area contributed by atoms with Crippen molar-refractivity contribution in [2.45, 2.75) is 0 Å². The Morgan fingerprint density at radius 3 is 2.30 bits per heavy atom. The van der Waals surface area contributed by atoms with E-state index < -0.39 is 0 Å². The third kappa shape index (κ3) is 2.81. The van der Waals surface area contributed by atoms with Gasteiger partial charge in [-0.2, -0.15) is 10.2 Å². The van der Waals surface area contributed by atoms with E-state index in [0.717, 1.165) is 38.7 Å². The van der Waals surface area contributed by atoms with E-state index in [1.54, 1.807) is 21.3 Å². The largest absolute Gasteiger partial charge is 0.493 e.